The number of ether oxygens (including phenoxy) is 2. The first kappa shape index (κ1) is 14.6. The summed E-state index contributed by atoms with van der Waals surface area (Å²) in [6.45, 7) is 1.78. The number of nitrogens with two attached hydrogens (primary N) is 1. The lowest BCUT2D eigenvalue weighted by molar-refractivity contribution is -0.138. The maximum atomic E-state index is 11.0. The molecule has 0 amide bonds. The second-order valence-electron chi connectivity index (χ2n) is 4.78. The molecule has 0 saturated carbocycles. The molecule has 1 aliphatic rings. The zero-order valence-corrected chi connectivity index (χ0v) is 11.5. The summed E-state index contributed by atoms with van der Waals surface area (Å²) in [5, 5.41) is 12.3. The molecule has 0 radical (unpaired) electrons. The minimum absolute atomic E-state index is 0.0638. The lowest BCUT2D eigenvalue weighted by atomic mass is 10.1. The Kier molecular flexibility index (Phi) is 4.81. The van der Waals surface area contributed by atoms with Gasteiger partial charge in [-0.1, -0.05) is 12.1 Å². The Morgan fingerprint density at radius 3 is 2.95 bits per heavy atom. The Bertz CT molecular complexity index is 472. The highest BCUT2D eigenvalue weighted by Gasteiger charge is 2.23. The Hall–Kier alpha value is -1.79. The van der Waals surface area contributed by atoms with Crippen LogP contribution in [0.2, 0.25) is 0 Å². The third-order valence-electron chi connectivity index (χ3n) is 3.36. The van der Waals surface area contributed by atoms with Gasteiger partial charge in [0.05, 0.1) is 7.11 Å². The van der Waals surface area contributed by atoms with Crippen LogP contribution in [0.25, 0.3) is 0 Å². The fourth-order valence-electron chi connectivity index (χ4n) is 2.32. The van der Waals surface area contributed by atoms with Gasteiger partial charge in [0.25, 0.3) is 0 Å². The number of para-hydroxylation sites is 1. The molecule has 6 nitrogen and oxygen atoms in total. The molecular weight excluding hydrogens is 260 g/mol. The monoisotopic (exact) mass is 280 g/mol. The van der Waals surface area contributed by atoms with Crippen LogP contribution in [0, 0.1) is 0 Å². The van der Waals surface area contributed by atoms with Crippen LogP contribution >= 0.6 is 0 Å². The average molecular weight is 280 g/mol. The van der Waals surface area contributed by atoms with Gasteiger partial charge >= 0.3 is 5.97 Å². The molecular formula is C14H20N2O4. The summed E-state index contributed by atoms with van der Waals surface area (Å²) in [5.41, 5.74) is 6.09. The van der Waals surface area contributed by atoms with E-state index in [1.165, 1.54) is 7.11 Å². The highest BCUT2D eigenvalue weighted by atomic mass is 16.5. The summed E-state index contributed by atoms with van der Waals surface area (Å²) in [4.78, 5) is 11.0. The third-order valence-corrected chi connectivity index (χ3v) is 3.36. The van der Waals surface area contributed by atoms with E-state index in [2.05, 4.69) is 5.32 Å². The maximum Gasteiger partial charge on any atom is 0.325 e. The van der Waals surface area contributed by atoms with Gasteiger partial charge in [-0.2, -0.15) is 0 Å². The highest BCUT2D eigenvalue weighted by Crippen LogP contribution is 2.35. The van der Waals surface area contributed by atoms with E-state index in [4.69, 9.17) is 20.3 Å². The predicted molar refractivity (Wildman–Crippen MR) is 74.1 cm³/mol. The average Bonchev–Trinajstić information content (AvgIpc) is 2.47. The molecule has 2 atom stereocenters. The number of nitrogens with one attached hydrogen (secondary N) is 1. The predicted octanol–water partition coefficient (Wildman–Crippen LogP) is 0.910. The Balaban J connectivity index is 2.23. The van der Waals surface area contributed by atoms with E-state index in [-0.39, 0.29) is 6.10 Å². The molecule has 0 bridgehead atoms. The quantitative estimate of drug-likeness (QED) is 0.742. The van der Waals surface area contributed by atoms with Gasteiger partial charge in [0.2, 0.25) is 0 Å². The van der Waals surface area contributed by atoms with Crippen molar-refractivity contribution in [3.8, 4) is 11.5 Å². The van der Waals surface area contributed by atoms with Crippen LogP contribution in [0.15, 0.2) is 18.2 Å². The minimum atomic E-state index is -1.13. The largest absolute Gasteiger partial charge is 0.492 e. The summed E-state index contributed by atoms with van der Waals surface area (Å²) in [5.74, 6) is -0.164. The van der Waals surface area contributed by atoms with Gasteiger partial charge in [-0.05, 0) is 25.5 Å². The van der Waals surface area contributed by atoms with Gasteiger partial charge in [-0.15, -0.1) is 0 Å². The number of methoxy groups -OCH3 is 1. The number of aliphatic carboxylic acids is 1. The fraction of sp³-hybridized carbons (Fsp3) is 0.500. The normalized spacial score (nSPS) is 20.2. The van der Waals surface area contributed by atoms with Crippen LogP contribution in [-0.4, -0.2) is 37.4 Å². The molecule has 1 fully saturated rings. The summed E-state index contributed by atoms with van der Waals surface area (Å²) in [7, 11) is 1.49. The number of rotatable bonds is 5. The molecule has 1 aromatic rings. The lowest BCUT2D eigenvalue weighted by Gasteiger charge is -2.25. The number of benzene rings is 1. The number of hydrogen-bond acceptors (Lipinski definition) is 5. The smallest absolute Gasteiger partial charge is 0.325 e. The zero-order chi connectivity index (χ0) is 14.5. The van der Waals surface area contributed by atoms with Crippen molar-refractivity contribution in [1.29, 1.82) is 0 Å². The molecule has 1 heterocycles. The topological polar surface area (TPSA) is 93.8 Å². The van der Waals surface area contributed by atoms with Crippen LogP contribution in [0.1, 0.15) is 24.4 Å². The first-order valence-electron chi connectivity index (χ1n) is 6.66. The highest BCUT2D eigenvalue weighted by molar-refractivity contribution is 5.77. The molecule has 0 spiro atoms. The van der Waals surface area contributed by atoms with E-state index in [1.807, 2.05) is 0 Å². The molecule has 0 aromatic heterocycles. The van der Waals surface area contributed by atoms with Crippen molar-refractivity contribution < 1.29 is 19.4 Å². The van der Waals surface area contributed by atoms with Gasteiger partial charge in [0, 0.05) is 12.1 Å². The number of carboxylic acids is 1. The molecule has 20 heavy (non-hydrogen) atoms. The van der Waals surface area contributed by atoms with Crippen LogP contribution < -0.4 is 20.5 Å². The van der Waals surface area contributed by atoms with E-state index in [1.54, 1.807) is 18.2 Å². The van der Waals surface area contributed by atoms with E-state index < -0.39 is 12.0 Å². The van der Waals surface area contributed by atoms with Gasteiger partial charge in [0.15, 0.2) is 11.5 Å². The summed E-state index contributed by atoms with van der Waals surface area (Å²) >= 11 is 0. The minimum Gasteiger partial charge on any atom is -0.492 e. The molecule has 2 unspecified atom stereocenters. The van der Waals surface area contributed by atoms with Gasteiger partial charge in [-0.3, -0.25) is 4.79 Å². The van der Waals surface area contributed by atoms with Crippen LogP contribution in [0.3, 0.4) is 0 Å². The third kappa shape index (κ3) is 3.20. The Labute approximate surface area is 117 Å². The van der Waals surface area contributed by atoms with E-state index in [0.717, 1.165) is 25.9 Å². The molecule has 1 aromatic carbocycles. The molecule has 2 rings (SSSR count). The van der Waals surface area contributed by atoms with Crippen molar-refractivity contribution in [2.45, 2.75) is 25.0 Å². The number of carbonyl (C=O) groups is 1. The van der Waals surface area contributed by atoms with Crippen LogP contribution in [0.4, 0.5) is 0 Å². The summed E-state index contributed by atoms with van der Waals surface area (Å²) < 4.78 is 11.2. The lowest BCUT2D eigenvalue weighted by Crippen LogP contribution is -2.37. The SMILES string of the molecule is COc1c(OC2CCCNC2)cccc1C(N)C(=O)O. The first-order chi connectivity index (χ1) is 9.63. The number of piperidine rings is 1. The molecule has 1 aliphatic heterocycles. The second kappa shape index (κ2) is 6.58. The van der Waals surface area contributed by atoms with Crippen molar-refractivity contribution in [3.05, 3.63) is 23.8 Å². The Morgan fingerprint density at radius 2 is 2.35 bits per heavy atom. The van der Waals surface area contributed by atoms with Crippen LogP contribution in [-0.2, 0) is 4.79 Å². The van der Waals surface area contributed by atoms with Crippen molar-refractivity contribution in [3.63, 3.8) is 0 Å². The van der Waals surface area contributed by atoms with Crippen molar-refractivity contribution in [1.82, 2.24) is 5.32 Å². The molecule has 0 aliphatic carbocycles. The van der Waals surface area contributed by atoms with Crippen molar-refractivity contribution >= 4 is 5.97 Å². The van der Waals surface area contributed by atoms with Crippen molar-refractivity contribution in [2.24, 2.45) is 5.73 Å². The van der Waals surface area contributed by atoms with Gasteiger partial charge < -0.3 is 25.6 Å². The molecule has 1 saturated heterocycles. The van der Waals surface area contributed by atoms with E-state index in [0.29, 0.717) is 17.1 Å². The molecule has 6 heteroatoms. The number of hydrogen-bond donors (Lipinski definition) is 3. The molecule has 110 valence electrons. The van der Waals surface area contributed by atoms with E-state index in [9.17, 15) is 4.79 Å². The van der Waals surface area contributed by atoms with E-state index >= 15 is 0 Å². The first-order valence-corrected chi connectivity index (χ1v) is 6.66. The van der Waals surface area contributed by atoms with Crippen molar-refractivity contribution in [2.75, 3.05) is 20.2 Å². The maximum absolute atomic E-state index is 11.0. The summed E-state index contributed by atoms with van der Waals surface area (Å²) in [6.07, 6.45) is 2.08. The second-order valence-corrected chi connectivity index (χ2v) is 4.78. The molecule has 4 N–H and O–H groups in total. The van der Waals surface area contributed by atoms with Gasteiger partial charge in [0.1, 0.15) is 12.1 Å². The Morgan fingerprint density at radius 1 is 1.55 bits per heavy atom. The fourth-order valence-corrected chi connectivity index (χ4v) is 2.32. The zero-order valence-electron chi connectivity index (χ0n) is 11.5. The standard InChI is InChI=1S/C14H20N2O4/c1-19-13-10(12(15)14(17)18)5-2-6-11(13)20-9-4-3-7-16-8-9/h2,5-6,9,12,16H,3-4,7-8,15H2,1H3,(H,17,18). The van der Waals surface area contributed by atoms with Crippen LogP contribution in [0.5, 0.6) is 11.5 Å². The number of carboxylic acid groups (broad SMARTS) is 1. The van der Waals surface area contributed by atoms with Gasteiger partial charge in [-0.25, -0.2) is 0 Å². The summed E-state index contributed by atoms with van der Waals surface area (Å²) in [6, 6.07) is 4.01.